The van der Waals surface area contributed by atoms with Crippen LogP contribution in [0.2, 0.25) is 0 Å². The summed E-state index contributed by atoms with van der Waals surface area (Å²) in [6.45, 7) is 0. The predicted molar refractivity (Wildman–Crippen MR) is 79.2 cm³/mol. The third-order valence-corrected chi connectivity index (χ3v) is 3.85. The van der Waals surface area contributed by atoms with E-state index in [4.69, 9.17) is 0 Å². The Balaban J connectivity index is 2.11. The SMILES string of the molecule is O[C@H]1C=Cc2cc3ccc4ccccc4c3nc2[C@@H]1O. The zero-order valence-electron chi connectivity index (χ0n) is 10.7. The minimum Gasteiger partial charge on any atom is -0.386 e. The lowest BCUT2D eigenvalue weighted by atomic mass is 9.95. The largest absolute Gasteiger partial charge is 0.386 e. The van der Waals surface area contributed by atoms with E-state index in [0.717, 1.165) is 27.2 Å². The Bertz CT molecular complexity index is 854. The van der Waals surface area contributed by atoms with Crippen molar-refractivity contribution in [2.75, 3.05) is 0 Å². The minimum atomic E-state index is -0.960. The van der Waals surface area contributed by atoms with Crippen molar-refractivity contribution in [1.29, 1.82) is 0 Å². The summed E-state index contributed by atoms with van der Waals surface area (Å²) in [6.07, 6.45) is 1.57. The van der Waals surface area contributed by atoms with Gasteiger partial charge in [0.2, 0.25) is 0 Å². The molecule has 2 aromatic carbocycles. The predicted octanol–water partition coefficient (Wildman–Crippen LogP) is 2.81. The van der Waals surface area contributed by atoms with Crippen molar-refractivity contribution in [2.24, 2.45) is 0 Å². The first kappa shape index (κ1) is 11.6. The number of hydrogen-bond acceptors (Lipinski definition) is 3. The van der Waals surface area contributed by atoms with E-state index in [1.807, 2.05) is 42.5 Å². The maximum absolute atomic E-state index is 10.1. The van der Waals surface area contributed by atoms with Crippen molar-refractivity contribution in [3.05, 3.63) is 59.8 Å². The number of hydrogen-bond donors (Lipinski definition) is 2. The fraction of sp³-hybridized carbons (Fsp3) is 0.118. The molecule has 3 aromatic rings. The highest BCUT2D eigenvalue weighted by Crippen LogP contribution is 2.31. The topological polar surface area (TPSA) is 53.4 Å². The van der Waals surface area contributed by atoms with E-state index in [-0.39, 0.29) is 0 Å². The first-order valence-electron chi connectivity index (χ1n) is 6.61. The molecule has 1 aromatic heterocycles. The monoisotopic (exact) mass is 263 g/mol. The quantitative estimate of drug-likeness (QED) is 0.613. The zero-order valence-corrected chi connectivity index (χ0v) is 10.7. The highest BCUT2D eigenvalue weighted by molar-refractivity contribution is 6.05. The van der Waals surface area contributed by atoms with Crippen LogP contribution in [-0.2, 0) is 0 Å². The second kappa shape index (κ2) is 4.13. The van der Waals surface area contributed by atoms with E-state index in [2.05, 4.69) is 11.1 Å². The lowest BCUT2D eigenvalue weighted by Crippen LogP contribution is -2.20. The van der Waals surface area contributed by atoms with Gasteiger partial charge in [-0.1, -0.05) is 48.6 Å². The van der Waals surface area contributed by atoms with Crippen LogP contribution < -0.4 is 0 Å². The number of pyridine rings is 1. The number of benzene rings is 2. The van der Waals surface area contributed by atoms with E-state index in [0.29, 0.717) is 5.69 Å². The molecule has 0 aliphatic heterocycles. The van der Waals surface area contributed by atoms with Crippen LogP contribution in [0.4, 0.5) is 0 Å². The summed E-state index contributed by atoms with van der Waals surface area (Å²) in [5, 5.41) is 23.0. The van der Waals surface area contributed by atoms with E-state index in [1.54, 1.807) is 6.08 Å². The molecule has 0 radical (unpaired) electrons. The Hall–Kier alpha value is -2.23. The molecular formula is C17H13NO2. The molecule has 0 saturated carbocycles. The summed E-state index contributed by atoms with van der Waals surface area (Å²) in [7, 11) is 0. The van der Waals surface area contributed by atoms with Crippen LogP contribution in [-0.4, -0.2) is 21.3 Å². The third-order valence-electron chi connectivity index (χ3n) is 3.85. The molecule has 3 nitrogen and oxygen atoms in total. The summed E-state index contributed by atoms with van der Waals surface area (Å²) in [5.41, 5.74) is 2.28. The van der Waals surface area contributed by atoms with Crippen LogP contribution in [0, 0.1) is 0 Å². The lowest BCUT2D eigenvalue weighted by molar-refractivity contribution is 0.0443. The Kier molecular flexibility index (Phi) is 2.39. The van der Waals surface area contributed by atoms with Gasteiger partial charge in [0.1, 0.15) is 12.2 Å². The highest BCUT2D eigenvalue weighted by Gasteiger charge is 2.24. The third kappa shape index (κ3) is 1.57. The standard InChI is InChI=1S/C17H13NO2/c19-14-8-7-12-9-11-6-5-10-3-1-2-4-13(10)15(11)18-16(12)17(14)20/h1-9,14,17,19-20H/t14-,17+/m0/s1. The van der Waals surface area contributed by atoms with Crippen LogP contribution in [0.3, 0.4) is 0 Å². The van der Waals surface area contributed by atoms with Crippen molar-refractivity contribution < 1.29 is 10.2 Å². The molecule has 2 atom stereocenters. The van der Waals surface area contributed by atoms with Gasteiger partial charge in [0.15, 0.2) is 0 Å². The van der Waals surface area contributed by atoms with Gasteiger partial charge in [-0.3, -0.25) is 0 Å². The van der Waals surface area contributed by atoms with Gasteiger partial charge in [-0.05, 0) is 17.0 Å². The van der Waals surface area contributed by atoms with Crippen molar-refractivity contribution in [1.82, 2.24) is 4.98 Å². The molecular weight excluding hydrogens is 250 g/mol. The van der Waals surface area contributed by atoms with Gasteiger partial charge in [-0.15, -0.1) is 0 Å². The van der Waals surface area contributed by atoms with Crippen LogP contribution in [0.25, 0.3) is 27.8 Å². The summed E-state index contributed by atoms with van der Waals surface area (Å²) in [6, 6.07) is 14.2. The molecule has 98 valence electrons. The number of fused-ring (bicyclic) bond motifs is 4. The molecule has 1 aliphatic rings. The van der Waals surface area contributed by atoms with Crippen LogP contribution >= 0.6 is 0 Å². The molecule has 0 fully saturated rings. The van der Waals surface area contributed by atoms with Gasteiger partial charge in [0, 0.05) is 10.8 Å². The van der Waals surface area contributed by atoms with E-state index < -0.39 is 12.2 Å². The average Bonchev–Trinajstić information content (AvgIpc) is 2.49. The van der Waals surface area contributed by atoms with Crippen LogP contribution in [0.15, 0.2) is 48.5 Å². The lowest BCUT2D eigenvalue weighted by Gasteiger charge is -2.21. The molecule has 0 saturated heterocycles. The number of aliphatic hydroxyl groups is 2. The van der Waals surface area contributed by atoms with Crippen LogP contribution in [0.5, 0.6) is 0 Å². The molecule has 1 aliphatic carbocycles. The number of aromatic nitrogens is 1. The van der Waals surface area contributed by atoms with Crippen LogP contribution in [0.1, 0.15) is 17.4 Å². The smallest absolute Gasteiger partial charge is 0.126 e. The van der Waals surface area contributed by atoms with Gasteiger partial charge < -0.3 is 10.2 Å². The molecule has 3 heteroatoms. The maximum Gasteiger partial charge on any atom is 0.126 e. The maximum atomic E-state index is 10.1. The Morgan fingerprint density at radius 3 is 2.65 bits per heavy atom. The minimum absolute atomic E-state index is 0.545. The molecule has 2 N–H and O–H groups in total. The molecule has 0 spiro atoms. The van der Waals surface area contributed by atoms with Crippen molar-refractivity contribution in [3.63, 3.8) is 0 Å². The van der Waals surface area contributed by atoms with Crippen molar-refractivity contribution >= 4 is 27.8 Å². The molecule has 4 rings (SSSR count). The summed E-state index contributed by atoms with van der Waals surface area (Å²) in [4.78, 5) is 4.61. The fourth-order valence-corrected chi connectivity index (χ4v) is 2.78. The molecule has 0 bridgehead atoms. The van der Waals surface area contributed by atoms with E-state index >= 15 is 0 Å². The highest BCUT2D eigenvalue weighted by atomic mass is 16.3. The normalized spacial score (nSPS) is 21.3. The summed E-state index contributed by atoms with van der Waals surface area (Å²) in [5.74, 6) is 0. The Labute approximate surface area is 115 Å². The van der Waals surface area contributed by atoms with Gasteiger partial charge in [-0.2, -0.15) is 0 Å². The second-order valence-corrected chi connectivity index (χ2v) is 5.12. The van der Waals surface area contributed by atoms with Gasteiger partial charge in [-0.25, -0.2) is 4.98 Å². The average molecular weight is 263 g/mol. The summed E-state index contributed by atoms with van der Waals surface area (Å²) < 4.78 is 0. The molecule has 1 heterocycles. The first-order chi connectivity index (χ1) is 9.74. The number of rotatable bonds is 0. The molecule has 0 amide bonds. The van der Waals surface area contributed by atoms with Gasteiger partial charge in [0.25, 0.3) is 0 Å². The van der Waals surface area contributed by atoms with Crippen molar-refractivity contribution in [2.45, 2.75) is 12.2 Å². The van der Waals surface area contributed by atoms with E-state index in [9.17, 15) is 10.2 Å². The Morgan fingerprint density at radius 2 is 1.75 bits per heavy atom. The molecule has 20 heavy (non-hydrogen) atoms. The second-order valence-electron chi connectivity index (χ2n) is 5.12. The number of aliphatic hydroxyl groups excluding tert-OH is 2. The van der Waals surface area contributed by atoms with Crippen molar-refractivity contribution in [3.8, 4) is 0 Å². The van der Waals surface area contributed by atoms with Gasteiger partial charge >= 0.3 is 0 Å². The fourth-order valence-electron chi connectivity index (χ4n) is 2.78. The van der Waals surface area contributed by atoms with Gasteiger partial charge in [0.05, 0.1) is 11.2 Å². The number of nitrogens with zero attached hydrogens (tertiary/aromatic N) is 1. The van der Waals surface area contributed by atoms with E-state index in [1.165, 1.54) is 0 Å². The zero-order chi connectivity index (χ0) is 13.7. The Morgan fingerprint density at radius 1 is 0.950 bits per heavy atom. The molecule has 0 unspecified atom stereocenters. The first-order valence-corrected chi connectivity index (χ1v) is 6.61. The summed E-state index contributed by atoms with van der Waals surface area (Å²) >= 11 is 0.